The van der Waals surface area contributed by atoms with Gasteiger partial charge in [-0.15, -0.1) is 0 Å². The number of esters is 1. The summed E-state index contributed by atoms with van der Waals surface area (Å²) in [5, 5.41) is 4.89. The lowest BCUT2D eigenvalue weighted by Crippen LogP contribution is -2.43. The average Bonchev–Trinajstić information content (AvgIpc) is 2.65. The zero-order chi connectivity index (χ0) is 12.0. The van der Waals surface area contributed by atoms with Crippen molar-refractivity contribution in [3.63, 3.8) is 0 Å². The third-order valence-electron chi connectivity index (χ3n) is 1.92. The number of ether oxygens (including phenoxy) is 1. The van der Waals surface area contributed by atoms with E-state index in [2.05, 4.69) is 10.6 Å². The van der Waals surface area contributed by atoms with Gasteiger partial charge in [-0.3, -0.25) is 14.4 Å². The summed E-state index contributed by atoms with van der Waals surface area (Å²) in [6.45, 7) is 2.29. The minimum absolute atomic E-state index is 0.146. The van der Waals surface area contributed by atoms with Crippen LogP contribution in [0.3, 0.4) is 0 Å². The van der Waals surface area contributed by atoms with Crippen LogP contribution in [-0.2, 0) is 14.3 Å². The Kier molecular flexibility index (Phi) is 5.10. The van der Waals surface area contributed by atoms with E-state index in [0.717, 1.165) is 11.8 Å². The van der Waals surface area contributed by atoms with E-state index in [0.29, 0.717) is 12.4 Å². The molecule has 0 saturated carbocycles. The SMILES string of the molecule is CCOC(=O)CCNC(=O)C1CSC(=O)N1. The molecule has 0 radical (unpaired) electrons. The first-order valence-corrected chi connectivity index (χ1v) is 5.98. The van der Waals surface area contributed by atoms with Crippen LogP contribution < -0.4 is 10.6 Å². The summed E-state index contributed by atoms with van der Waals surface area (Å²) in [6, 6.07) is -0.486. The number of rotatable bonds is 5. The van der Waals surface area contributed by atoms with Crippen LogP contribution in [0.2, 0.25) is 0 Å². The summed E-state index contributed by atoms with van der Waals surface area (Å²) in [5.74, 6) is -0.167. The second-order valence-electron chi connectivity index (χ2n) is 3.14. The molecule has 1 fully saturated rings. The number of nitrogens with one attached hydrogen (secondary N) is 2. The van der Waals surface area contributed by atoms with E-state index in [4.69, 9.17) is 4.74 Å². The van der Waals surface area contributed by atoms with E-state index in [1.54, 1.807) is 6.92 Å². The van der Waals surface area contributed by atoms with Crippen molar-refractivity contribution in [2.75, 3.05) is 18.9 Å². The predicted molar refractivity (Wildman–Crippen MR) is 59.0 cm³/mol. The second-order valence-corrected chi connectivity index (χ2v) is 4.13. The Balaban J connectivity index is 2.15. The number of carbonyl (C=O) groups is 3. The fourth-order valence-corrected chi connectivity index (χ4v) is 1.95. The molecule has 0 aliphatic carbocycles. The molecule has 16 heavy (non-hydrogen) atoms. The van der Waals surface area contributed by atoms with Crippen molar-refractivity contribution in [1.29, 1.82) is 0 Å². The van der Waals surface area contributed by atoms with Crippen molar-refractivity contribution in [3.05, 3.63) is 0 Å². The van der Waals surface area contributed by atoms with Crippen LogP contribution >= 0.6 is 11.8 Å². The molecule has 1 unspecified atom stereocenters. The van der Waals surface area contributed by atoms with Crippen molar-refractivity contribution in [2.24, 2.45) is 0 Å². The molecular weight excluding hydrogens is 232 g/mol. The summed E-state index contributed by atoms with van der Waals surface area (Å²) < 4.78 is 4.70. The lowest BCUT2D eigenvalue weighted by Gasteiger charge is -2.09. The zero-order valence-corrected chi connectivity index (χ0v) is 9.76. The molecule has 90 valence electrons. The molecule has 0 spiro atoms. The van der Waals surface area contributed by atoms with E-state index >= 15 is 0 Å². The molecule has 0 aromatic carbocycles. The fourth-order valence-electron chi connectivity index (χ4n) is 1.17. The van der Waals surface area contributed by atoms with Crippen LogP contribution in [0.4, 0.5) is 4.79 Å². The van der Waals surface area contributed by atoms with E-state index < -0.39 is 6.04 Å². The maximum absolute atomic E-state index is 11.4. The molecule has 0 bridgehead atoms. The van der Waals surface area contributed by atoms with Gasteiger partial charge in [0, 0.05) is 12.3 Å². The van der Waals surface area contributed by atoms with Crippen molar-refractivity contribution in [1.82, 2.24) is 10.6 Å². The first-order valence-electron chi connectivity index (χ1n) is 5.00. The van der Waals surface area contributed by atoms with Crippen molar-refractivity contribution >= 4 is 28.9 Å². The maximum Gasteiger partial charge on any atom is 0.307 e. The fraction of sp³-hybridized carbons (Fsp3) is 0.667. The normalized spacial score (nSPS) is 19.1. The Hall–Kier alpha value is -1.24. The summed E-state index contributed by atoms with van der Waals surface area (Å²) >= 11 is 1.08. The van der Waals surface area contributed by atoms with Crippen LogP contribution in [0.5, 0.6) is 0 Å². The monoisotopic (exact) mass is 246 g/mol. The second kappa shape index (κ2) is 6.37. The van der Waals surface area contributed by atoms with Crippen molar-refractivity contribution in [3.8, 4) is 0 Å². The first kappa shape index (κ1) is 12.8. The van der Waals surface area contributed by atoms with Gasteiger partial charge in [0.05, 0.1) is 13.0 Å². The van der Waals surface area contributed by atoms with Gasteiger partial charge in [-0.2, -0.15) is 0 Å². The third-order valence-corrected chi connectivity index (χ3v) is 2.80. The molecule has 1 aliphatic heterocycles. The van der Waals surface area contributed by atoms with Crippen LogP contribution in [0.25, 0.3) is 0 Å². The van der Waals surface area contributed by atoms with E-state index in [9.17, 15) is 14.4 Å². The molecule has 1 aliphatic rings. The Morgan fingerprint density at radius 3 is 2.94 bits per heavy atom. The third kappa shape index (κ3) is 4.09. The Morgan fingerprint density at radius 2 is 2.38 bits per heavy atom. The van der Waals surface area contributed by atoms with Gasteiger partial charge >= 0.3 is 5.97 Å². The Bertz CT molecular complexity index is 295. The first-order chi connectivity index (χ1) is 7.63. The summed E-state index contributed by atoms with van der Waals surface area (Å²) in [5.41, 5.74) is 0. The standard InChI is InChI=1S/C9H14N2O4S/c1-2-15-7(12)3-4-10-8(13)6-5-16-9(14)11-6/h6H,2-5H2,1H3,(H,10,13)(H,11,14). The minimum Gasteiger partial charge on any atom is -0.466 e. The molecule has 1 rings (SSSR count). The lowest BCUT2D eigenvalue weighted by atomic mass is 10.3. The molecule has 0 aromatic heterocycles. The Labute approximate surface area is 97.5 Å². The molecule has 6 nitrogen and oxygen atoms in total. The molecular formula is C9H14N2O4S. The van der Waals surface area contributed by atoms with Gasteiger partial charge < -0.3 is 15.4 Å². The molecule has 2 amide bonds. The topological polar surface area (TPSA) is 84.5 Å². The maximum atomic E-state index is 11.4. The average molecular weight is 246 g/mol. The van der Waals surface area contributed by atoms with Crippen LogP contribution in [0.15, 0.2) is 0 Å². The molecule has 2 N–H and O–H groups in total. The minimum atomic E-state index is -0.486. The van der Waals surface area contributed by atoms with Gasteiger partial charge in [-0.25, -0.2) is 0 Å². The van der Waals surface area contributed by atoms with Gasteiger partial charge in [0.25, 0.3) is 5.24 Å². The van der Waals surface area contributed by atoms with Crippen LogP contribution in [0.1, 0.15) is 13.3 Å². The number of carbonyl (C=O) groups excluding carboxylic acids is 3. The quantitative estimate of drug-likeness (QED) is 0.661. The summed E-state index contributed by atoms with van der Waals surface area (Å²) in [7, 11) is 0. The molecule has 1 saturated heterocycles. The van der Waals surface area contributed by atoms with E-state index in [1.165, 1.54) is 0 Å². The molecule has 1 heterocycles. The van der Waals surface area contributed by atoms with Crippen molar-refractivity contribution < 1.29 is 19.1 Å². The van der Waals surface area contributed by atoms with Gasteiger partial charge in [0.2, 0.25) is 5.91 Å². The summed E-state index contributed by atoms with van der Waals surface area (Å²) in [6.07, 6.45) is 0.146. The van der Waals surface area contributed by atoms with E-state index in [1.807, 2.05) is 0 Å². The molecule has 0 aromatic rings. The highest BCUT2D eigenvalue weighted by atomic mass is 32.2. The van der Waals surface area contributed by atoms with E-state index in [-0.39, 0.29) is 30.1 Å². The van der Waals surface area contributed by atoms with Crippen LogP contribution in [-0.4, -0.2) is 42.1 Å². The smallest absolute Gasteiger partial charge is 0.307 e. The summed E-state index contributed by atoms with van der Waals surface area (Å²) in [4.78, 5) is 33.2. The highest BCUT2D eigenvalue weighted by Crippen LogP contribution is 2.12. The number of hydrogen-bond acceptors (Lipinski definition) is 5. The highest BCUT2D eigenvalue weighted by molar-refractivity contribution is 8.14. The zero-order valence-electron chi connectivity index (χ0n) is 8.95. The van der Waals surface area contributed by atoms with Crippen molar-refractivity contribution in [2.45, 2.75) is 19.4 Å². The number of thioether (sulfide) groups is 1. The Morgan fingerprint density at radius 1 is 1.62 bits per heavy atom. The largest absolute Gasteiger partial charge is 0.466 e. The number of hydrogen-bond donors (Lipinski definition) is 2. The highest BCUT2D eigenvalue weighted by Gasteiger charge is 2.27. The van der Waals surface area contributed by atoms with Gasteiger partial charge in [-0.05, 0) is 6.92 Å². The van der Waals surface area contributed by atoms with Gasteiger partial charge in [0.15, 0.2) is 0 Å². The van der Waals surface area contributed by atoms with Gasteiger partial charge in [0.1, 0.15) is 6.04 Å². The lowest BCUT2D eigenvalue weighted by molar-refractivity contribution is -0.143. The predicted octanol–water partition coefficient (Wildman–Crippen LogP) is -0.119. The van der Waals surface area contributed by atoms with Crippen LogP contribution in [0, 0.1) is 0 Å². The molecule has 1 atom stereocenters. The molecule has 7 heteroatoms. The van der Waals surface area contributed by atoms with Gasteiger partial charge in [-0.1, -0.05) is 11.8 Å². The number of amides is 2.